The smallest absolute Gasteiger partial charge is 0.240 e. The summed E-state index contributed by atoms with van der Waals surface area (Å²) in [6.07, 6.45) is 0.733. The molecule has 1 atom stereocenters. The van der Waals surface area contributed by atoms with Crippen LogP contribution in [0, 0.1) is 13.8 Å². The van der Waals surface area contributed by atoms with Gasteiger partial charge in [0.15, 0.2) is 0 Å². The summed E-state index contributed by atoms with van der Waals surface area (Å²) in [7, 11) is 1.67. The summed E-state index contributed by atoms with van der Waals surface area (Å²) in [6.45, 7) is 8.43. The number of hydrogen-bond donors (Lipinski definition) is 0. The second kappa shape index (κ2) is 8.78. The molecule has 1 aliphatic rings. The Balaban J connectivity index is 1.84. The molecule has 1 saturated heterocycles. The van der Waals surface area contributed by atoms with Gasteiger partial charge >= 0.3 is 0 Å². The molecule has 1 aliphatic heterocycles. The van der Waals surface area contributed by atoms with Gasteiger partial charge in [-0.15, -0.1) is 11.6 Å². The van der Waals surface area contributed by atoms with Gasteiger partial charge in [0.05, 0.1) is 7.11 Å². The molecular formula is C21H27ClN4O2. The van der Waals surface area contributed by atoms with Gasteiger partial charge in [-0.3, -0.25) is 4.79 Å². The molecule has 2 heterocycles. The number of nitrogens with zero attached hydrogens (tertiary/aromatic N) is 4. The van der Waals surface area contributed by atoms with E-state index in [4.69, 9.17) is 21.3 Å². The van der Waals surface area contributed by atoms with Crippen molar-refractivity contribution in [3.63, 3.8) is 0 Å². The van der Waals surface area contributed by atoms with Crippen molar-refractivity contribution in [2.45, 2.75) is 32.6 Å². The lowest BCUT2D eigenvalue weighted by Gasteiger charge is -2.37. The Kier molecular flexibility index (Phi) is 6.39. The zero-order valence-corrected chi connectivity index (χ0v) is 17.7. The second-order valence-corrected chi connectivity index (χ2v) is 7.77. The van der Waals surface area contributed by atoms with Crippen LogP contribution in [0.15, 0.2) is 24.3 Å². The standard InChI is InChI=1S/C21H27ClN4O2/c1-14(22)21(27)26-10-8-25(9-11-26)20-19(15(2)23-16(3)24-20)13-17-6-5-7-18(12-17)28-4/h5-7,12,14H,8-11,13H2,1-4H3. The Hall–Kier alpha value is -2.34. The van der Waals surface area contributed by atoms with Gasteiger partial charge in [0, 0.05) is 43.9 Å². The van der Waals surface area contributed by atoms with Crippen molar-refractivity contribution in [3.05, 3.63) is 46.9 Å². The summed E-state index contributed by atoms with van der Waals surface area (Å²) < 4.78 is 5.35. The zero-order chi connectivity index (χ0) is 20.3. The maximum atomic E-state index is 12.2. The van der Waals surface area contributed by atoms with Crippen molar-refractivity contribution in [3.8, 4) is 5.75 Å². The van der Waals surface area contributed by atoms with Gasteiger partial charge in [0.25, 0.3) is 0 Å². The number of piperazine rings is 1. The van der Waals surface area contributed by atoms with Gasteiger partial charge in [-0.1, -0.05) is 12.1 Å². The minimum absolute atomic E-state index is 0.00651. The zero-order valence-electron chi connectivity index (χ0n) is 16.9. The first kappa shape index (κ1) is 20.4. The molecule has 2 aromatic rings. The number of halogens is 1. The first-order chi connectivity index (χ1) is 13.4. The van der Waals surface area contributed by atoms with E-state index >= 15 is 0 Å². The van der Waals surface area contributed by atoms with Crippen LogP contribution >= 0.6 is 11.6 Å². The fourth-order valence-electron chi connectivity index (χ4n) is 3.56. The van der Waals surface area contributed by atoms with Gasteiger partial charge in [-0.2, -0.15) is 0 Å². The lowest BCUT2D eigenvalue weighted by Crippen LogP contribution is -2.51. The van der Waals surface area contributed by atoms with Crippen LogP contribution in [-0.2, 0) is 11.2 Å². The molecule has 0 aliphatic carbocycles. The molecule has 1 aromatic carbocycles. The predicted octanol–water partition coefficient (Wildman–Crippen LogP) is 2.97. The first-order valence-electron chi connectivity index (χ1n) is 9.54. The van der Waals surface area contributed by atoms with E-state index in [0.29, 0.717) is 13.1 Å². The van der Waals surface area contributed by atoms with Crippen LogP contribution in [0.3, 0.4) is 0 Å². The Morgan fingerprint density at radius 1 is 1.21 bits per heavy atom. The van der Waals surface area contributed by atoms with Crippen molar-refractivity contribution >= 4 is 23.3 Å². The summed E-state index contributed by atoms with van der Waals surface area (Å²) in [4.78, 5) is 25.6. The molecule has 0 bridgehead atoms. The fourth-order valence-corrected chi connectivity index (χ4v) is 3.70. The molecule has 1 fully saturated rings. The number of hydrogen-bond acceptors (Lipinski definition) is 5. The van der Waals surface area contributed by atoms with Crippen LogP contribution in [0.1, 0.15) is 29.6 Å². The van der Waals surface area contributed by atoms with Crippen LogP contribution in [0.2, 0.25) is 0 Å². The molecule has 1 aromatic heterocycles. The van der Waals surface area contributed by atoms with Crippen molar-refractivity contribution < 1.29 is 9.53 Å². The SMILES string of the molecule is COc1cccc(Cc2c(C)nc(C)nc2N2CCN(C(=O)C(C)Cl)CC2)c1. The summed E-state index contributed by atoms with van der Waals surface area (Å²) in [5.74, 6) is 2.55. The Morgan fingerprint density at radius 2 is 1.93 bits per heavy atom. The van der Waals surface area contributed by atoms with E-state index in [-0.39, 0.29) is 5.91 Å². The summed E-state index contributed by atoms with van der Waals surface area (Å²) >= 11 is 5.96. The number of carbonyl (C=O) groups excluding carboxylic acids is 1. The fraction of sp³-hybridized carbons (Fsp3) is 0.476. The van der Waals surface area contributed by atoms with E-state index in [1.807, 2.05) is 36.9 Å². The minimum atomic E-state index is -0.487. The molecular weight excluding hydrogens is 376 g/mol. The summed E-state index contributed by atoms with van der Waals surface area (Å²) in [5.41, 5.74) is 3.25. The number of amides is 1. The molecule has 0 radical (unpaired) electrons. The van der Waals surface area contributed by atoms with Crippen molar-refractivity contribution in [1.29, 1.82) is 0 Å². The number of alkyl halides is 1. The van der Waals surface area contributed by atoms with Crippen molar-refractivity contribution in [2.24, 2.45) is 0 Å². The van der Waals surface area contributed by atoms with E-state index in [1.54, 1.807) is 14.0 Å². The quantitative estimate of drug-likeness (QED) is 0.719. The Bertz CT molecular complexity index is 848. The monoisotopic (exact) mass is 402 g/mol. The third kappa shape index (κ3) is 4.55. The Labute approximate surface area is 171 Å². The number of aromatic nitrogens is 2. The Morgan fingerprint density at radius 3 is 2.57 bits per heavy atom. The molecule has 1 amide bonds. The number of methoxy groups -OCH3 is 1. The highest BCUT2D eigenvalue weighted by atomic mass is 35.5. The van der Waals surface area contributed by atoms with Gasteiger partial charge < -0.3 is 14.5 Å². The van der Waals surface area contributed by atoms with Crippen LogP contribution in [0.25, 0.3) is 0 Å². The number of aryl methyl sites for hydroxylation is 2. The van der Waals surface area contributed by atoms with Gasteiger partial charge in [-0.05, 0) is 38.5 Å². The van der Waals surface area contributed by atoms with Crippen molar-refractivity contribution in [1.82, 2.24) is 14.9 Å². The van der Waals surface area contributed by atoms with E-state index < -0.39 is 5.38 Å². The molecule has 1 unspecified atom stereocenters. The number of benzene rings is 1. The summed E-state index contributed by atoms with van der Waals surface area (Å²) in [6, 6.07) is 8.07. The molecule has 3 rings (SSSR count). The third-order valence-electron chi connectivity index (χ3n) is 5.05. The highest BCUT2D eigenvalue weighted by Crippen LogP contribution is 2.26. The maximum absolute atomic E-state index is 12.2. The van der Waals surface area contributed by atoms with E-state index in [1.165, 1.54) is 0 Å². The summed E-state index contributed by atoms with van der Waals surface area (Å²) in [5, 5.41) is -0.487. The molecule has 0 saturated carbocycles. The molecule has 0 spiro atoms. The van der Waals surface area contributed by atoms with Crippen LogP contribution in [0.4, 0.5) is 5.82 Å². The average molecular weight is 403 g/mol. The average Bonchev–Trinajstić information content (AvgIpc) is 2.69. The molecule has 0 N–H and O–H groups in total. The van der Waals surface area contributed by atoms with Gasteiger partial charge in [-0.25, -0.2) is 9.97 Å². The normalized spacial score (nSPS) is 15.5. The first-order valence-corrected chi connectivity index (χ1v) is 9.97. The van der Waals surface area contributed by atoms with E-state index in [2.05, 4.69) is 16.0 Å². The topological polar surface area (TPSA) is 58.6 Å². The minimum Gasteiger partial charge on any atom is -0.497 e. The highest BCUT2D eigenvalue weighted by molar-refractivity contribution is 6.30. The van der Waals surface area contributed by atoms with E-state index in [0.717, 1.165) is 53.7 Å². The second-order valence-electron chi connectivity index (χ2n) is 7.12. The van der Waals surface area contributed by atoms with Crippen LogP contribution in [-0.4, -0.2) is 59.4 Å². The largest absolute Gasteiger partial charge is 0.497 e. The van der Waals surface area contributed by atoms with E-state index in [9.17, 15) is 4.79 Å². The molecule has 7 heteroatoms. The maximum Gasteiger partial charge on any atom is 0.240 e. The number of carbonyl (C=O) groups is 1. The highest BCUT2D eigenvalue weighted by Gasteiger charge is 2.26. The lowest BCUT2D eigenvalue weighted by molar-refractivity contribution is -0.130. The number of ether oxygens (including phenoxy) is 1. The van der Waals surface area contributed by atoms with Crippen LogP contribution in [0.5, 0.6) is 5.75 Å². The third-order valence-corrected chi connectivity index (χ3v) is 5.24. The van der Waals surface area contributed by atoms with Gasteiger partial charge in [0.2, 0.25) is 5.91 Å². The van der Waals surface area contributed by atoms with Crippen molar-refractivity contribution in [2.75, 3.05) is 38.2 Å². The van der Waals surface area contributed by atoms with Crippen LogP contribution < -0.4 is 9.64 Å². The lowest BCUT2D eigenvalue weighted by atomic mass is 10.0. The predicted molar refractivity (Wildman–Crippen MR) is 111 cm³/mol. The molecule has 150 valence electrons. The molecule has 28 heavy (non-hydrogen) atoms. The number of rotatable bonds is 5. The number of anilines is 1. The molecule has 6 nitrogen and oxygen atoms in total. The van der Waals surface area contributed by atoms with Gasteiger partial charge in [0.1, 0.15) is 22.8 Å².